The first kappa shape index (κ1) is 41.1. The number of hydrogen-bond acceptors (Lipinski definition) is 1. The molecule has 0 N–H and O–H groups in total. The van der Waals surface area contributed by atoms with Crippen molar-refractivity contribution in [1.82, 2.24) is 4.90 Å². The van der Waals surface area contributed by atoms with E-state index in [1.807, 2.05) is 13.0 Å². The highest BCUT2D eigenvalue weighted by Crippen LogP contribution is 2.50. The molecule has 2 aliphatic carbocycles. The molecule has 0 aromatic heterocycles. The first-order valence-electron chi connectivity index (χ1n) is 19.1. The van der Waals surface area contributed by atoms with Crippen molar-refractivity contribution in [3.8, 4) is 0 Å². The standard InChI is InChI=1S/C50H65N/c1-11-16-19-21-26-40(8)47(43-33-31-42(32-34-43)27-22-20-17-12-2)35-30-41(9)51(36-18-13-3)45-37-44(25-14-4)49(38-45)50(10,15-5)48-29-24-23-28-46(48)39(6)7/h11-18,20,22,30-36,38,41H,3-6,19,21,23-29,37H2,1-2,7-10H3/b16-11-,17-12-,22-20-,35-30-,36-18+,47-40-. The molecule has 1 heteroatoms. The van der Waals surface area contributed by atoms with Crippen molar-refractivity contribution in [2.75, 3.05) is 0 Å². The minimum atomic E-state index is -0.254. The molecule has 270 valence electrons. The van der Waals surface area contributed by atoms with Crippen molar-refractivity contribution in [3.05, 3.63) is 186 Å². The molecule has 0 fully saturated rings. The molecule has 0 saturated heterocycles. The van der Waals surface area contributed by atoms with Crippen LogP contribution in [0.15, 0.2) is 175 Å². The van der Waals surface area contributed by atoms with Gasteiger partial charge >= 0.3 is 0 Å². The van der Waals surface area contributed by atoms with Crippen LogP contribution in [-0.2, 0) is 6.42 Å². The van der Waals surface area contributed by atoms with Crippen LogP contribution >= 0.6 is 0 Å². The molecule has 0 amide bonds. The van der Waals surface area contributed by atoms with Crippen LogP contribution in [0.4, 0.5) is 0 Å². The second kappa shape index (κ2) is 21.1. The monoisotopic (exact) mass is 680 g/mol. The number of allylic oxidation sites excluding steroid dienone is 19. The lowest BCUT2D eigenvalue weighted by Gasteiger charge is -2.36. The average molecular weight is 680 g/mol. The van der Waals surface area contributed by atoms with E-state index in [0.717, 1.165) is 51.4 Å². The number of benzene rings is 1. The van der Waals surface area contributed by atoms with Crippen LogP contribution in [0.5, 0.6) is 0 Å². The fourth-order valence-electron chi connectivity index (χ4n) is 7.48. The van der Waals surface area contributed by atoms with Gasteiger partial charge in [-0.05, 0) is 139 Å². The predicted molar refractivity (Wildman–Crippen MR) is 228 cm³/mol. The van der Waals surface area contributed by atoms with E-state index in [1.165, 1.54) is 68.7 Å². The summed E-state index contributed by atoms with van der Waals surface area (Å²) in [6, 6.07) is 9.25. The van der Waals surface area contributed by atoms with Crippen molar-refractivity contribution in [2.24, 2.45) is 5.41 Å². The van der Waals surface area contributed by atoms with Gasteiger partial charge in [-0.1, -0.05) is 127 Å². The van der Waals surface area contributed by atoms with Crippen LogP contribution in [0.3, 0.4) is 0 Å². The number of unbranched alkanes of at least 4 members (excludes halogenated alkanes) is 1. The lowest BCUT2D eigenvalue weighted by molar-refractivity contribution is 0.409. The Balaban J connectivity index is 2.03. The van der Waals surface area contributed by atoms with Gasteiger partial charge in [-0.2, -0.15) is 0 Å². The zero-order valence-corrected chi connectivity index (χ0v) is 32.8. The predicted octanol–water partition coefficient (Wildman–Crippen LogP) is 14.6. The van der Waals surface area contributed by atoms with Gasteiger partial charge < -0.3 is 4.90 Å². The Hall–Kier alpha value is -4.36. The fraction of sp³-hybridized carbons (Fsp3) is 0.360. The van der Waals surface area contributed by atoms with Crippen molar-refractivity contribution >= 4 is 5.57 Å². The normalized spacial score (nSPS) is 17.9. The third-order valence-electron chi connectivity index (χ3n) is 10.4. The summed E-state index contributed by atoms with van der Waals surface area (Å²) in [6.07, 6.45) is 41.0. The van der Waals surface area contributed by atoms with E-state index < -0.39 is 0 Å². The van der Waals surface area contributed by atoms with E-state index in [4.69, 9.17) is 0 Å². The van der Waals surface area contributed by atoms with Gasteiger partial charge in [0, 0.05) is 29.8 Å². The van der Waals surface area contributed by atoms with Gasteiger partial charge in [0.05, 0.1) is 0 Å². The number of hydrogen-bond donors (Lipinski definition) is 0. The molecular formula is C50H65N. The Morgan fingerprint density at radius 2 is 1.69 bits per heavy atom. The molecule has 1 aromatic rings. The van der Waals surface area contributed by atoms with Gasteiger partial charge in [0.25, 0.3) is 0 Å². The molecule has 0 spiro atoms. The summed E-state index contributed by atoms with van der Waals surface area (Å²) in [5.74, 6) is 0. The Morgan fingerprint density at radius 3 is 2.33 bits per heavy atom. The van der Waals surface area contributed by atoms with E-state index in [0.29, 0.717) is 0 Å². The van der Waals surface area contributed by atoms with Crippen LogP contribution in [0.25, 0.3) is 5.57 Å². The van der Waals surface area contributed by atoms with Crippen LogP contribution < -0.4 is 0 Å². The first-order valence-corrected chi connectivity index (χ1v) is 19.1. The van der Waals surface area contributed by atoms with E-state index in [1.54, 1.807) is 0 Å². The Kier molecular flexibility index (Phi) is 17.0. The van der Waals surface area contributed by atoms with E-state index in [2.05, 4.69) is 169 Å². The largest absolute Gasteiger partial charge is 0.345 e. The maximum atomic E-state index is 4.43. The zero-order chi connectivity index (χ0) is 37.2. The zero-order valence-electron chi connectivity index (χ0n) is 32.8. The van der Waals surface area contributed by atoms with Crippen LogP contribution in [0, 0.1) is 5.41 Å². The number of nitrogens with zero attached hydrogens (tertiary/aromatic N) is 1. The summed E-state index contributed by atoms with van der Waals surface area (Å²) < 4.78 is 0. The average Bonchev–Trinajstić information content (AvgIpc) is 3.56. The summed E-state index contributed by atoms with van der Waals surface area (Å²) in [4.78, 5) is 2.42. The second-order valence-corrected chi connectivity index (χ2v) is 14.3. The highest BCUT2D eigenvalue weighted by atomic mass is 15.1. The molecule has 0 radical (unpaired) electrons. The van der Waals surface area contributed by atoms with Crippen LogP contribution in [0.2, 0.25) is 0 Å². The molecule has 2 atom stereocenters. The fourth-order valence-corrected chi connectivity index (χ4v) is 7.48. The molecule has 2 aliphatic rings. The molecule has 2 unspecified atom stereocenters. The molecule has 1 nitrogen and oxygen atoms in total. The second-order valence-electron chi connectivity index (χ2n) is 14.3. The van der Waals surface area contributed by atoms with Crippen molar-refractivity contribution < 1.29 is 0 Å². The smallest absolute Gasteiger partial charge is 0.0488 e. The highest BCUT2D eigenvalue weighted by molar-refractivity contribution is 5.76. The lowest BCUT2D eigenvalue weighted by Crippen LogP contribution is -2.25. The molecular weight excluding hydrogens is 615 g/mol. The van der Waals surface area contributed by atoms with Crippen LogP contribution in [0.1, 0.15) is 110 Å². The molecule has 51 heavy (non-hydrogen) atoms. The molecule has 0 heterocycles. The quantitative estimate of drug-likeness (QED) is 0.0753. The summed E-state index contributed by atoms with van der Waals surface area (Å²) in [5, 5.41) is 0. The molecule has 3 rings (SSSR count). The van der Waals surface area contributed by atoms with Gasteiger partial charge in [0.1, 0.15) is 0 Å². The third kappa shape index (κ3) is 11.3. The van der Waals surface area contributed by atoms with Gasteiger partial charge in [0.15, 0.2) is 0 Å². The van der Waals surface area contributed by atoms with E-state index in [9.17, 15) is 0 Å². The number of rotatable bonds is 20. The minimum Gasteiger partial charge on any atom is -0.345 e. The summed E-state index contributed by atoms with van der Waals surface area (Å²) >= 11 is 0. The topological polar surface area (TPSA) is 3.24 Å². The SMILES string of the molecule is C=C/C=C/N(C1=CC(C(C)(C=C)C2=C(C(=C)C)CCCC2)=C(CC=C)C1)C(C)/C=C\C(=C(/C)CCC/C=C\C)c1ccc(C/C=C\C=C/C)cc1. The van der Waals surface area contributed by atoms with Gasteiger partial charge in [0.2, 0.25) is 0 Å². The molecule has 0 aliphatic heterocycles. The third-order valence-corrected chi connectivity index (χ3v) is 10.4. The summed E-state index contributed by atoms with van der Waals surface area (Å²) in [6.45, 7) is 30.3. The van der Waals surface area contributed by atoms with Gasteiger partial charge in [-0.25, -0.2) is 0 Å². The lowest BCUT2D eigenvalue weighted by atomic mass is 9.68. The Labute approximate surface area is 312 Å². The molecule has 0 bridgehead atoms. The van der Waals surface area contributed by atoms with Gasteiger partial charge in [-0.15, -0.1) is 13.2 Å². The maximum absolute atomic E-state index is 4.43. The van der Waals surface area contributed by atoms with Crippen molar-refractivity contribution in [1.29, 1.82) is 0 Å². The minimum absolute atomic E-state index is 0.119. The van der Waals surface area contributed by atoms with E-state index >= 15 is 0 Å². The summed E-state index contributed by atoms with van der Waals surface area (Å²) in [5.41, 5.74) is 13.3. The summed E-state index contributed by atoms with van der Waals surface area (Å²) in [7, 11) is 0. The highest BCUT2D eigenvalue weighted by Gasteiger charge is 2.37. The molecule has 1 aromatic carbocycles. The van der Waals surface area contributed by atoms with Crippen molar-refractivity contribution in [3.63, 3.8) is 0 Å². The molecule has 0 saturated carbocycles. The Bertz CT molecular complexity index is 1650. The first-order chi connectivity index (χ1) is 24.6. The van der Waals surface area contributed by atoms with Crippen LogP contribution in [-0.4, -0.2) is 10.9 Å². The van der Waals surface area contributed by atoms with Crippen molar-refractivity contribution in [2.45, 2.75) is 112 Å². The Morgan fingerprint density at radius 1 is 0.941 bits per heavy atom. The van der Waals surface area contributed by atoms with E-state index in [-0.39, 0.29) is 11.5 Å². The van der Waals surface area contributed by atoms with Gasteiger partial charge in [-0.3, -0.25) is 0 Å². The maximum Gasteiger partial charge on any atom is 0.0488 e.